The van der Waals surface area contributed by atoms with E-state index in [9.17, 15) is 19.2 Å². The lowest BCUT2D eigenvalue weighted by molar-refractivity contribution is -0.155. The van der Waals surface area contributed by atoms with Gasteiger partial charge in [0.05, 0.1) is 0 Å². The summed E-state index contributed by atoms with van der Waals surface area (Å²) in [6, 6.07) is 0. The molecule has 0 aliphatic heterocycles. The number of rotatable bonds is 9. The number of hydrogen-bond acceptors (Lipinski definition) is 5. The Morgan fingerprint density at radius 1 is 0.684 bits per heavy atom. The summed E-state index contributed by atoms with van der Waals surface area (Å²) in [5.41, 5.74) is 0. The van der Waals surface area contributed by atoms with Crippen molar-refractivity contribution >= 4 is 23.9 Å². The fourth-order valence-corrected chi connectivity index (χ4v) is 1.53. The molecular formula is C10H14O9. The van der Waals surface area contributed by atoms with Gasteiger partial charge < -0.3 is 25.5 Å². The van der Waals surface area contributed by atoms with Gasteiger partial charge in [-0.25, -0.2) is 0 Å². The van der Waals surface area contributed by atoms with Crippen LogP contribution in [0.1, 0.15) is 12.8 Å². The predicted molar refractivity (Wildman–Crippen MR) is 57.3 cm³/mol. The zero-order chi connectivity index (χ0) is 15.2. The summed E-state index contributed by atoms with van der Waals surface area (Å²) in [6.07, 6.45) is -1.09. The smallest absolute Gasteiger partial charge is 0.317 e. The Labute approximate surface area is 107 Å². The molecule has 19 heavy (non-hydrogen) atoms. The summed E-state index contributed by atoms with van der Waals surface area (Å²) < 4.78 is 0. The Balaban J connectivity index is 4.83. The molecule has 0 unspecified atom stereocenters. The van der Waals surface area contributed by atoms with E-state index in [-0.39, 0.29) is 0 Å². The maximum atomic E-state index is 10.7. The first-order valence-corrected chi connectivity index (χ1v) is 5.22. The number of aliphatic hydroxyl groups is 1. The molecule has 0 atom stereocenters. The predicted octanol–water partition coefficient (Wildman–Crippen LogP) is -1.05. The summed E-state index contributed by atoms with van der Waals surface area (Å²) in [7, 11) is 0. The van der Waals surface area contributed by atoms with Gasteiger partial charge in [-0.15, -0.1) is 0 Å². The van der Waals surface area contributed by atoms with Gasteiger partial charge in [0.25, 0.3) is 0 Å². The highest BCUT2D eigenvalue weighted by atomic mass is 16.4. The molecular weight excluding hydrogens is 264 g/mol. The molecule has 0 spiro atoms. The highest BCUT2D eigenvalue weighted by Crippen LogP contribution is 2.21. The van der Waals surface area contributed by atoms with E-state index < -0.39 is 61.1 Å². The molecule has 0 heterocycles. The summed E-state index contributed by atoms with van der Waals surface area (Å²) in [6.45, 7) is -0.700. The molecule has 0 fully saturated rings. The molecule has 108 valence electrons. The molecule has 0 amide bonds. The van der Waals surface area contributed by atoms with Gasteiger partial charge in [-0.2, -0.15) is 0 Å². The number of carbonyl (C=O) groups is 4. The van der Waals surface area contributed by atoms with Gasteiger partial charge >= 0.3 is 23.9 Å². The molecule has 0 saturated carbocycles. The second-order valence-corrected chi connectivity index (χ2v) is 3.98. The molecule has 0 aromatic carbocycles. The van der Waals surface area contributed by atoms with Gasteiger partial charge in [-0.05, 0) is 18.8 Å². The molecule has 5 N–H and O–H groups in total. The Kier molecular flexibility index (Phi) is 6.48. The zero-order valence-corrected chi connectivity index (χ0v) is 9.72. The maximum Gasteiger partial charge on any atom is 0.317 e. The minimum atomic E-state index is -1.82. The average Bonchev–Trinajstić information content (AvgIpc) is 2.27. The molecule has 0 rings (SSSR count). The van der Waals surface area contributed by atoms with Crippen LogP contribution in [0.4, 0.5) is 0 Å². The molecule has 0 aliphatic rings. The van der Waals surface area contributed by atoms with Crippen LogP contribution in [0.3, 0.4) is 0 Å². The van der Waals surface area contributed by atoms with Crippen molar-refractivity contribution < 1.29 is 44.7 Å². The van der Waals surface area contributed by atoms with Gasteiger partial charge in [-0.1, -0.05) is 0 Å². The first-order valence-electron chi connectivity index (χ1n) is 5.22. The van der Waals surface area contributed by atoms with Crippen molar-refractivity contribution in [2.75, 3.05) is 6.61 Å². The van der Waals surface area contributed by atoms with E-state index in [0.29, 0.717) is 0 Å². The van der Waals surface area contributed by atoms with E-state index in [0.717, 1.165) is 0 Å². The van der Waals surface area contributed by atoms with Crippen molar-refractivity contribution in [2.24, 2.45) is 17.8 Å². The largest absolute Gasteiger partial charge is 0.481 e. The van der Waals surface area contributed by atoms with Crippen LogP contribution in [0.5, 0.6) is 0 Å². The van der Waals surface area contributed by atoms with E-state index in [2.05, 4.69) is 0 Å². The molecule has 0 aromatic rings. The van der Waals surface area contributed by atoms with E-state index in [1.54, 1.807) is 0 Å². The van der Waals surface area contributed by atoms with Crippen LogP contribution in [-0.4, -0.2) is 56.0 Å². The summed E-state index contributed by atoms with van der Waals surface area (Å²) in [5, 5.41) is 43.6. The number of carboxylic acid groups (broad SMARTS) is 4. The van der Waals surface area contributed by atoms with Crippen molar-refractivity contribution in [3.05, 3.63) is 0 Å². The highest BCUT2D eigenvalue weighted by Gasteiger charge is 2.34. The van der Waals surface area contributed by atoms with Crippen LogP contribution in [0.25, 0.3) is 0 Å². The van der Waals surface area contributed by atoms with Crippen molar-refractivity contribution in [3.63, 3.8) is 0 Å². The number of aliphatic carboxylic acids is 4. The van der Waals surface area contributed by atoms with Gasteiger partial charge in [-0.3, -0.25) is 19.2 Å². The first kappa shape index (κ1) is 16.8. The fourth-order valence-electron chi connectivity index (χ4n) is 1.53. The normalized spacial score (nSPS) is 10.9. The molecule has 0 bridgehead atoms. The molecule has 0 radical (unpaired) electrons. The molecule has 9 nitrogen and oxygen atoms in total. The van der Waals surface area contributed by atoms with Crippen molar-refractivity contribution in [1.29, 1.82) is 0 Å². The van der Waals surface area contributed by atoms with Crippen LogP contribution in [0.2, 0.25) is 0 Å². The van der Waals surface area contributed by atoms with Crippen LogP contribution in [0, 0.1) is 17.8 Å². The van der Waals surface area contributed by atoms with Crippen molar-refractivity contribution in [3.8, 4) is 0 Å². The quantitative estimate of drug-likeness (QED) is 0.330. The summed E-state index contributed by atoms with van der Waals surface area (Å²) in [5.74, 6) is -11.2. The minimum Gasteiger partial charge on any atom is -0.481 e. The number of aliphatic hydroxyl groups excluding tert-OH is 1. The second kappa shape index (κ2) is 7.31. The standard InChI is InChI=1S/C10H14O9/c11-3-4(1-5(7(12)13)8(14)15)2-6(9(16)17)10(18)19/h4-6,11H,1-3H2,(H,12,13)(H,14,15)(H,16,17)(H,18,19). The van der Waals surface area contributed by atoms with Crippen LogP contribution in [-0.2, 0) is 19.2 Å². The van der Waals surface area contributed by atoms with Crippen molar-refractivity contribution in [2.45, 2.75) is 12.8 Å². The highest BCUT2D eigenvalue weighted by molar-refractivity contribution is 5.93. The van der Waals surface area contributed by atoms with Gasteiger partial charge in [0, 0.05) is 6.61 Å². The first-order chi connectivity index (χ1) is 8.70. The fraction of sp³-hybridized carbons (Fsp3) is 0.600. The Morgan fingerprint density at radius 2 is 0.947 bits per heavy atom. The average molecular weight is 278 g/mol. The van der Waals surface area contributed by atoms with E-state index in [1.165, 1.54) is 0 Å². The summed E-state index contributed by atoms with van der Waals surface area (Å²) >= 11 is 0. The lowest BCUT2D eigenvalue weighted by Crippen LogP contribution is -2.31. The third-order valence-corrected chi connectivity index (χ3v) is 2.59. The second-order valence-electron chi connectivity index (χ2n) is 3.98. The van der Waals surface area contributed by atoms with Crippen LogP contribution >= 0.6 is 0 Å². The monoisotopic (exact) mass is 278 g/mol. The summed E-state index contributed by atoms with van der Waals surface area (Å²) in [4.78, 5) is 42.6. The molecule has 0 aliphatic carbocycles. The van der Waals surface area contributed by atoms with Crippen molar-refractivity contribution in [1.82, 2.24) is 0 Å². The number of hydrogen-bond donors (Lipinski definition) is 5. The Hall–Kier alpha value is -2.16. The topological polar surface area (TPSA) is 169 Å². The van der Waals surface area contributed by atoms with Crippen LogP contribution in [0.15, 0.2) is 0 Å². The number of carboxylic acids is 4. The van der Waals surface area contributed by atoms with Gasteiger partial charge in [0.15, 0.2) is 11.8 Å². The third-order valence-electron chi connectivity index (χ3n) is 2.59. The SMILES string of the molecule is O=C(O)C(CC(CO)CC(C(=O)O)C(=O)O)C(=O)O. The van der Waals surface area contributed by atoms with Gasteiger partial charge in [0.1, 0.15) is 0 Å². The molecule has 0 saturated heterocycles. The molecule has 0 aromatic heterocycles. The Bertz CT molecular complexity index is 313. The van der Waals surface area contributed by atoms with E-state index in [4.69, 9.17) is 25.5 Å². The van der Waals surface area contributed by atoms with Crippen LogP contribution < -0.4 is 0 Å². The third kappa shape index (κ3) is 5.34. The Morgan fingerprint density at radius 3 is 1.11 bits per heavy atom. The van der Waals surface area contributed by atoms with E-state index >= 15 is 0 Å². The minimum absolute atomic E-state index is 0.543. The molecule has 9 heteroatoms. The maximum absolute atomic E-state index is 10.7. The van der Waals surface area contributed by atoms with E-state index in [1.807, 2.05) is 0 Å². The van der Waals surface area contributed by atoms with Gasteiger partial charge in [0.2, 0.25) is 0 Å². The lowest BCUT2D eigenvalue weighted by Gasteiger charge is -2.18. The lowest BCUT2D eigenvalue weighted by atomic mass is 9.87. The zero-order valence-electron chi connectivity index (χ0n) is 9.72.